The van der Waals surface area contributed by atoms with E-state index in [9.17, 15) is 0 Å². The van der Waals surface area contributed by atoms with Crippen molar-refractivity contribution in [3.8, 4) is 0 Å². The number of likely N-dealkylation sites (N-methyl/N-ethyl adjacent to an activating group) is 1. The van der Waals surface area contributed by atoms with Crippen LogP contribution in [0.15, 0.2) is 48.7 Å². The van der Waals surface area contributed by atoms with E-state index in [0.717, 1.165) is 24.3 Å². The first-order chi connectivity index (χ1) is 8.79. The summed E-state index contributed by atoms with van der Waals surface area (Å²) in [5.74, 6) is 0. The van der Waals surface area contributed by atoms with E-state index in [1.165, 1.54) is 5.69 Å². The van der Waals surface area contributed by atoms with Crippen LogP contribution < -0.4 is 10.2 Å². The lowest BCUT2D eigenvalue weighted by molar-refractivity contribution is 0.853. The van der Waals surface area contributed by atoms with Gasteiger partial charge in [0, 0.05) is 50.3 Å². The Kier molecular flexibility index (Phi) is 4.18. The normalized spacial score (nSPS) is 10.1. The van der Waals surface area contributed by atoms with Gasteiger partial charge in [0.05, 0.1) is 0 Å². The van der Waals surface area contributed by atoms with Crippen molar-refractivity contribution < 1.29 is 0 Å². The van der Waals surface area contributed by atoms with E-state index >= 15 is 0 Å². The number of hydrogen-bond donors (Lipinski definition) is 1. The Morgan fingerprint density at radius 1 is 1.17 bits per heavy atom. The lowest BCUT2D eigenvalue weighted by atomic mass is 10.2. The molecule has 0 atom stereocenters. The first kappa shape index (κ1) is 12.4. The predicted octanol–water partition coefficient (Wildman–Crippen LogP) is 2.80. The molecule has 0 amide bonds. The van der Waals surface area contributed by atoms with Crippen LogP contribution in [0.2, 0.25) is 0 Å². The number of nitrogens with one attached hydrogen (secondary N) is 1. The molecule has 0 aliphatic heterocycles. The molecule has 0 saturated heterocycles. The molecule has 1 aromatic heterocycles. The Bertz CT molecular complexity index is 482. The summed E-state index contributed by atoms with van der Waals surface area (Å²) in [7, 11) is 4.05. The Hall–Kier alpha value is -2.03. The summed E-state index contributed by atoms with van der Waals surface area (Å²) >= 11 is 0. The molecule has 18 heavy (non-hydrogen) atoms. The van der Waals surface area contributed by atoms with Crippen LogP contribution in [0.3, 0.4) is 0 Å². The van der Waals surface area contributed by atoms with Crippen molar-refractivity contribution in [2.24, 2.45) is 0 Å². The molecule has 0 bridgehead atoms. The molecular weight excluding hydrogens is 222 g/mol. The molecule has 0 aliphatic rings. The number of benzene rings is 1. The highest BCUT2D eigenvalue weighted by molar-refractivity contribution is 5.57. The van der Waals surface area contributed by atoms with E-state index in [0.29, 0.717) is 0 Å². The first-order valence-corrected chi connectivity index (χ1v) is 6.18. The molecular formula is C15H19N3. The molecule has 2 rings (SSSR count). The van der Waals surface area contributed by atoms with Gasteiger partial charge >= 0.3 is 0 Å². The fourth-order valence-electron chi connectivity index (χ4n) is 1.86. The monoisotopic (exact) mass is 241 g/mol. The largest absolute Gasteiger partial charge is 0.388 e. The van der Waals surface area contributed by atoms with E-state index in [1.807, 2.05) is 25.4 Å². The van der Waals surface area contributed by atoms with Crippen molar-refractivity contribution in [3.05, 3.63) is 54.4 Å². The van der Waals surface area contributed by atoms with Gasteiger partial charge in [-0.2, -0.15) is 0 Å². The average molecular weight is 241 g/mol. The van der Waals surface area contributed by atoms with Gasteiger partial charge in [0.1, 0.15) is 0 Å². The number of aromatic nitrogens is 1. The maximum absolute atomic E-state index is 4.34. The summed E-state index contributed by atoms with van der Waals surface area (Å²) in [5.41, 5.74) is 3.49. The molecule has 0 fully saturated rings. The number of anilines is 2. The second-order valence-electron chi connectivity index (χ2n) is 4.29. The number of rotatable bonds is 5. The second-order valence-corrected chi connectivity index (χ2v) is 4.29. The third-order valence-corrected chi connectivity index (χ3v) is 3.01. The molecule has 0 unspecified atom stereocenters. The van der Waals surface area contributed by atoms with E-state index in [1.54, 1.807) is 0 Å². The molecule has 0 spiro atoms. The van der Waals surface area contributed by atoms with Crippen LogP contribution in [0.4, 0.5) is 11.4 Å². The maximum atomic E-state index is 4.34. The van der Waals surface area contributed by atoms with Gasteiger partial charge < -0.3 is 10.2 Å². The Morgan fingerprint density at radius 3 is 2.78 bits per heavy atom. The summed E-state index contributed by atoms with van der Waals surface area (Å²) in [4.78, 5) is 6.58. The smallest absolute Gasteiger partial charge is 0.0421 e. The predicted molar refractivity (Wildman–Crippen MR) is 77.2 cm³/mol. The molecule has 3 heteroatoms. The molecule has 1 N–H and O–H groups in total. The van der Waals surface area contributed by atoms with Gasteiger partial charge in [-0.05, 0) is 30.3 Å². The van der Waals surface area contributed by atoms with Crippen LogP contribution in [-0.4, -0.2) is 25.6 Å². The number of nitrogens with zero attached hydrogens (tertiary/aromatic N) is 2. The minimum atomic E-state index is 0.959. The van der Waals surface area contributed by atoms with Crippen molar-refractivity contribution in [2.45, 2.75) is 6.42 Å². The summed E-state index contributed by atoms with van der Waals surface area (Å²) in [6.45, 7) is 0.962. The summed E-state index contributed by atoms with van der Waals surface area (Å²) in [6, 6.07) is 14.5. The molecule has 94 valence electrons. The van der Waals surface area contributed by atoms with Crippen molar-refractivity contribution in [1.29, 1.82) is 0 Å². The Morgan fingerprint density at radius 2 is 2.06 bits per heavy atom. The average Bonchev–Trinajstić information content (AvgIpc) is 2.46. The standard InChI is InChI=1S/C15H19N3/c1-16-14-7-5-8-15(12-14)18(2)11-9-13-6-3-4-10-17-13/h3-8,10,12,16H,9,11H2,1-2H3. The molecule has 0 saturated carbocycles. The fraction of sp³-hybridized carbons (Fsp3) is 0.267. The summed E-state index contributed by atoms with van der Waals surface area (Å²) in [5, 5.41) is 3.16. The second kappa shape index (κ2) is 6.05. The van der Waals surface area contributed by atoms with Crippen LogP contribution >= 0.6 is 0 Å². The zero-order valence-corrected chi connectivity index (χ0v) is 10.9. The van der Waals surface area contributed by atoms with Gasteiger partial charge in [-0.3, -0.25) is 4.98 Å². The van der Waals surface area contributed by atoms with E-state index in [4.69, 9.17) is 0 Å². The van der Waals surface area contributed by atoms with E-state index < -0.39 is 0 Å². The zero-order chi connectivity index (χ0) is 12.8. The minimum Gasteiger partial charge on any atom is -0.388 e. The van der Waals surface area contributed by atoms with Gasteiger partial charge in [0.15, 0.2) is 0 Å². The van der Waals surface area contributed by atoms with E-state index in [-0.39, 0.29) is 0 Å². The highest BCUT2D eigenvalue weighted by Gasteiger charge is 2.02. The first-order valence-electron chi connectivity index (χ1n) is 6.18. The highest BCUT2D eigenvalue weighted by atomic mass is 15.1. The molecule has 2 aromatic rings. The maximum Gasteiger partial charge on any atom is 0.0421 e. The lowest BCUT2D eigenvalue weighted by Crippen LogP contribution is -2.20. The van der Waals surface area contributed by atoms with Crippen molar-refractivity contribution in [1.82, 2.24) is 4.98 Å². The topological polar surface area (TPSA) is 28.2 Å². The molecule has 1 heterocycles. The molecule has 3 nitrogen and oxygen atoms in total. The fourth-order valence-corrected chi connectivity index (χ4v) is 1.86. The van der Waals surface area contributed by atoms with Crippen LogP contribution in [0.1, 0.15) is 5.69 Å². The Labute approximate surface area is 108 Å². The van der Waals surface area contributed by atoms with E-state index in [2.05, 4.69) is 52.6 Å². The van der Waals surface area contributed by atoms with Crippen molar-refractivity contribution in [3.63, 3.8) is 0 Å². The third-order valence-electron chi connectivity index (χ3n) is 3.01. The zero-order valence-electron chi connectivity index (χ0n) is 10.9. The molecule has 0 radical (unpaired) electrons. The highest BCUT2D eigenvalue weighted by Crippen LogP contribution is 2.18. The van der Waals surface area contributed by atoms with Crippen LogP contribution in [0.25, 0.3) is 0 Å². The van der Waals surface area contributed by atoms with Gasteiger partial charge in [0.2, 0.25) is 0 Å². The van der Waals surface area contributed by atoms with Crippen molar-refractivity contribution in [2.75, 3.05) is 30.9 Å². The van der Waals surface area contributed by atoms with Gasteiger partial charge in [-0.1, -0.05) is 12.1 Å². The summed E-state index contributed by atoms with van der Waals surface area (Å²) in [6.07, 6.45) is 2.80. The van der Waals surface area contributed by atoms with Crippen LogP contribution in [-0.2, 0) is 6.42 Å². The molecule has 0 aliphatic carbocycles. The minimum absolute atomic E-state index is 0.959. The van der Waals surface area contributed by atoms with Gasteiger partial charge in [-0.15, -0.1) is 0 Å². The third kappa shape index (κ3) is 3.23. The van der Waals surface area contributed by atoms with Crippen molar-refractivity contribution >= 4 is 11.4 Å². The Balaban J connectivity index is 1.97. The van der Waals surface area contributed by atoms with Gasteiger partial charge in [-0.25, -0.2) is 0 Å². The van der Waals surface area contributed by atoms with Crippen LogP contribution in [0.5, 0.6) is 0 Å². The number of hydrogen-bond acceptors (Lipinski definition) is 3. The lowest BCUT2D eigenvalue weighted by Gasteiger charge is -2.19. The van der Waals surface area contributed by atoms with Crippen LogP contribution in [0, 0.1) is 0 Å². The summed E-state index contributed by atoms with van der Waals surface area (Å²) < 4.78 is 0. The quantitative estimate of drug-likeness (QED) is 0.872. The van der Waals surface area contributed by atoms with Gasteiger partial charge in [0.25, 0.3) is 0 Å². The molecule has 1 aromatic carbocycles. The number of pyridine rings is 1. The SMILES string of the molecule is CNc1cccc(N(C)CCc2ccccn2)c1.